The summed E-state index contributed by atoms with van der Waals surface area (Å²) in [5, 5.41) is 8.79. The van der Waals surface area contributed by atoms with Crippen LogP contribution in [-0.2, 0) is 6.54 Å². The molecule has 0 atom stereocenters. The van der Waals surface area contributed by atoms with Gasteiger partial charge in [-0.3, -0.25) is 0 Å². The normalized spacial score (nSPS) is 11.6. The molecule has 0 aromatic carbocycles. The fourth-order valence-corrected chi connectivity index (χ4v) is 1.14. The lowest BCUT2D eigenvalue weighted by Crippen LogP contribution is -2.18. The Balaban J connectivity index is 2.89. The Morgan fingerprint density at radius 1 is 1.62 bits per heavy atom. The Kier molecular flexibility index (Phi) is 2.40. The number of imidazole rings is 1. The lowest BCUT2D eigenvalue weighted by atomic mass is 9.97. The molecule has 13 heavy (non-hydrogen) atoms. The fourth-order valence-electron chi connectivity index (χ4n) is 1.14. The smallest absolute Gasteiger partial charge is 0.354 e. The molecule has 0 aliphatic carbocycles. The van der Waals surface area contributed by atoms with Gasteiger partial charge in [-0.05, 0) is 5.41 Å². The lowest BCUT2D eigenvalue weighted by Gasteiger charge is -2.19. The summed E-state index contributed by atoms with van der Waals surface area (Å²) in [6.07, 6.45) is 2.92. The summed E-state index contributed by atoms with van der Waals surface area (Å²) < 4.78 is 1.66. The van der Waals surface area contributed by atoms with E-state index in [1.807, 2.05) is 0 Å². The van der Waals surface area contributed by atoms with E-state index in [2.05, 4.69) is 25.8 Å². The van der Waals surface area contributed by atoms with Gasteiger partial charge in [-0.2, -0.15) is 0 Å². The zero-order chi connectivity index (χ0) is 10.1. The van der Waals surface area contributed by atoms with Crippen molar-refractivity contribution in [2.75, 3.05) is 0 Å². The minimum Gasteiger partial charge on any atom is -0.477 e. The summed E-state index contributed by atoms with van der Waals surface area (Å²) in [6.45, 7) is 6.82. The molecule has 72 valence electrons. The van der Waals surface area contributed by atoms with E-state index in [0.717, 1.165) is 0 Å². The van der Waals surface area contributed by atoms with Crippen molar-refractivity contribution in [1.29, 1.82) is 0 Å². The van der Waals surface area contributed by atoms with Crippen molar-refractivity contribution in [1.82, 2.24) is 9.55 Å². The Hall–Kier alpha value is -1.32. The van der Waals surface area contributed by atoms with Crippen molar-refractivity contribution in [2.45, 2.75) is 27.3 Å². The quantitative estimate of drug-likeness (QED) is 0.756. The zero-order valence-corrected chi connectivity index (χ0v) is 8.11. The van der Waals surface area contributed by atoms with Gasteiger partial charge in [-0.25, -0.2) is 9.78 Å². The molecule has 0 aliphatic heterocycles. The third-order valence-corrected chi connectivity index (χ3v) is 1.58. The van der Waals surface area contributed by atoms with E-state index in [1.54, 1.807) is 10.9 Å². The highest BCUT2D eigenvalue weighted by atomic mass is 16.4. The van der Waals surface area contributed by atoms with Crippen LogP contribution in [0, 0.1) is 5.41 Å². The van der Waals surface area contributed by atoms with Gasteiger partial charge in [0.25, 0.3) is 0 Å². The molecule has 1 aromatic rings. The fraction of sp³-hybridized carbons (Fsp3) is 0.556. The van der Waals surface area contributed by atoms with Crippen LogP contribution in [0.2, 0.25) is 0 Å². The van der Waals surface area contributed by atoms with Gasteiger partial charge in [-0.15, -0.1) is 0 Å². The number of nitrogens with zero attached hydrogens (tertiary/aromatic N) is 2. The van der Waals surface area contributed by atoms with Crippen LogP contribution in [0.1, 0.15) is 31.3 Å². The van der Waals surface area contributed by atoms with Crippen molar-refractivity contribution in [3.8, 4) is 0 Å². The van der Waals surface area contributed by atoms with Crippen LogP contribution in [0.3, 0.4) is 0 Å². The van der Waals surface area contributed by atoms with Crippen molar-refractivity contribution in [3.63, 3.8) is 0 Å². The summed E-state index contributed by atoms with van der Waals surface area (Å²) in [7, 11) is 0. The summed E-state index contributed by atoms with van der Waals surface area (Å²) in [6, 6.07) is 0. The van der Waals surface area contributed by atoms with E-state index in [4.69, 9.17) is 5.11 Å². The molecule has 0 bridgehead atoms. The van der Waals surface area contributed by atoms with Crippen LogP contribution >= 0.6 is 0 Å². The van der Waals surface area contributed by atoms with E-state index >= 15 is 0 Å². The van der Waals surface area contributed by atoms with Gasteiger partial charge < -0.3 is 9.67 Å². The van der Waals surface area contributed by atoms with Crippen LogP contribution in [-0.4, -0.2) is 20.6 Å². The van der Waals surface area contributed by atoms with Gasteiger partial charge in [0.15, 0.2) is 0 Å². The second-order valence-corrected chi connectivity index (χ2v) is 4.27. The molecule has 0 spiro atoms. The molecular formula is C9H14N2O2. The Morgan fingerprint density at radius 2 is 2.23 bits per heavy atom. The van der Waals surface area contributed by atoms with Gasteiger partial charge in [-0.1, -0.05) is 20.8 Å². The molecule has 1 heterocycles. The van der Waals surface area contributed by atoms with Crippen LogP contribution in [0.5, 0.6) is 0 Å². The number of carboxylic acids is 1. The van der Waals surface area contributed by atoms with Crippen LogP contribution in [0.4, 0.5) is 0 Å². The highest BCUT2D eigenvalue weighted by Gasteiger charge is 2.16. The van der Waals surface area contributed by atoms with E-state index in [9.17, 15) is 4.79 Å². The Labute approximate surface area is 77.2 Å². The van der Waals surface area contributed by atoms with Crippen LogP contribution in [0.15, 0.2) is 12.5 Å². The maximum absolute atomic E-state index is 10.7. The second kappa shape index (κ2) is 3.20. The summed E-state index contributed by atoms with van der Waals surface area (Å²) in [5.41, 5.74) is 0.306. The summed E-state index contributed by atoms with van der Waals surface area (Å²) in [5.74, 6) is -0.929. The first-order valence-corrected chi connectivity index (χ1v) is 4.13. The number of carboxylic acid groups (broad SMARTS) is 1. The number of carbonyl (C=O) groups is 1. The average Bonchev–Trinajstić information content (AvgIpc) is 2.31. The number of aromatic nitrogens is 2. The third-order valence-electron chi connectivity index (χ3n) is 1.58. The Bertz CT molecular complexity index is 310. The molecule has 0 saturated heterocycles. The standard InChI is InChI=1S/C9H14N2O2/c1-9(2,3)5-11-6-10-4-7(11)8(12)13/h4,6H,5H2,1-3H3,(H,12,13). The Morgan fingerprint density at radius 3 is 2.69 bits per heavy atom. The van der Waals surface area contributed by atoms with E-state index in [0.29, 0.717) is 6.54 Å². The minimum atomic E-state index is -0.929. The van der Waals surface area contributed by atoms with E-state index in [1.165, 1.54) is 6.20 Å². The van der Waals surface area contributed by atoms with Gasteiger partial charge in [0.05, 0.1) is 12.5 Å². The maximum atomic E-state index is 10.7. The predicted molar refractivity (Wildman–Crippen MR) is 48.6 cm³/mol. The van der Waals surface area contributed by atoms with Gasteiger partial charge in [0.2, 0.25) is 0 Å². The molecule has 4 heteroatoms. The topological polar surface area (TPSA) is 55.1 Å². The first kappa shape index (κ1) is 9.77. The zero-order valence-electron chi connectivity index (χ0n) is 8.11. The van der Waals surface area contributed by atoms with Crippen molar-refractivity contribution in [3.05, 3.63) is 18.2 Å². The van der Waals surface area contributed by atoms with Crippen LogP contribution in [0.25, 0.3) is 0 Å². The van der Waals surface area contributed by atoms with Gasteiger partial charge in [0.1, 0.15) is 5.69 Å². The highest BCUT2D eigenvalue weighted by Crippen LogP contribution is 2.17. The van der Waals surface area contributed by atoms with Gasteiger partial charge >= 0.3 is 5.97 Å². The van der Waals surface area contributed by atoms with Crippen LogP contribution < -0.4 is 0 Å². The second-order valence-electron chi connectivity index (χ2n) is 4.27. The SMILES string of the molecule is CC(C)(C)Cn1cncc1C(=O)O. The summed E-state index contributed by atoms with van der Waals surface area (Å²) in [4.78, 5) is 14.5. The van der Waals surface area contributed by atoms with E-state index < -0.39 is 5.97 Å². The predicted octanol–water partition coefficient (Wildman–Crippen LogP) is 1.63. The van der Waals surface area contributed by atoms with Crippen molar-refractivity contribution < 1.29 is 9.90 Å². The van der Waals surface area contributed by atoms with Gasteiger partial charge in [0, 0.05) is 6.54 Å². The molecule has 4 nitrogen and oxygen atoms in total. The highest BCUT2D eigenvalue weighted by molar-refractivity contribution is 5.85. The molecule has 0 aliphatic rings. The number of hydrogen-bond acceptors (Lipinski definition) is 2. The lowest BCUT2D eigenvalue weighted by molar-refractivity contribution is 0.0682. The molecule has 0 fully saturated rings. The monoisotopic (exact) mass is 182 g/mol. The van der Waals surface area contributed by atoms with Crippen molar-refractivity contribution >= 4 is 5.97 Å². The molecule has 1 N–H and O–H groups in total. The molecule has 0 saturated carbocycles. The molecular weight excluding hydrogens is 168 g/mol. The molecule has 0 amide bonds. The first-order valence-electron chi connectivity index (χ1n) is 4.13. The molecule has 1 rings (SSSR count). The summed E-state index contributed by atoms with van der Waals surface area (Å²) >= 11 is 0. The average molecular weight is 182 g/mol. The number of rotatable bonds is 2. The largest absolute Gasteiger partial charge is 0.477 e. The molecule has 0 unspecified atom stereocenters. The van der Waals surface area contributed by atoms with E-state index in [-0.39, 0.29) is 11.1 Å². The third kappa shape index (κ3) is 2.57. The first-order chi connectivity index (χ1) is 5.90. The number of hydrogen-bond donors (Lipinski definition) is 1. The molecule has 1 aromatic heterocycles. The number of aromatic carboxylic acids is 1. The minimum absolute atomic E-state index is 0.0604. The maximum Gasteiger partial charge on any atom is 0.354 e. The van der Waals surface area contributed by atoms with Crippen molar-refractivity contribution in [2.24, 2.45) is 5.41 Å². The molecule has 0 radical (unpaired) electrons.